The predicted octanol–water partition coefficient (Wildman–Crippen LogP) is 5.16. The summed E-state index contributed by atoms with van der Waals surface area (Å²) in [6.45, 7) is 17.7. The smallest absolute Gasteiger partial charge is 0.427 e. The van der Waals surface area contributed by atoms with Gasteiger partial charge < -0.3 is 19.1 Å². The average Bonchev–Trinajstić information content (AvgIpc) is 2.62. The lowest BCUT2D eigenvalue weighted by Crippen LogP contribution is -2.53. The zero-order valence-electron chi connectivity index (χ0n) is 23.3. The van der Waals surface area contributed by atoms with Crippen LogP contribution in [0.3, 0.4) is 0 Å². The Kier molecular flexibility index (Phi) is 11.0. The summed E-state index contributed by atoms with van der Waals surface area (Å²) in [6.07, 6.45) is 1.12. The largest absolute Gasteiger partial charge is 0.444 e. The Balaban J connectivity index is 3.14. The average molecular weight is 499 g/mol. The molecule has 0 atom stereocenters. The van der Waals surface area contributed by atoms with E-state index >= 15 is 0 Å². The Morgan fingerprint density at radius 3 is 1.74 bits per heavy atom. The van der Waals surface area contributed by atoms with Gasteiger partial charge in [0.2, 0.25) is 5.96 Å². The second kappa shape index (κ2) is 12.6. The first-order valence-corrected chi connectivity index (χ1v) is 12.4. The van der Waals surface area contributed by atoms with Crippen molar-refractivity contribution in [2.24, 2.45) is 10.9 Å². The van der Waals surface area contributed by atoms with Gasteiger partial charge in [0.1, 0.15) is 16.8 Å². The number of aliphatic imine (C=N–C) groups is 1. The number of nitrogens with zero attached hydrogens (tertiary/aromatic N) is 3. The highest BCUT2D eigenvalue weighted by Crippen LogP contribution is 2.21. The van der Waals surface area contributed by atoms with Crippen molar-refractivity contribution in [3.63, 3.8) is 0 Å². The number of piperidine rings is 1. The van der Waals surface area contributed by atoms with Gasteiger partial charge in [0.15, 0.2) is 0 Å². The summed E-state index contributed by atoms with van der Waals surface area (Å²) in [6, 6.07) is 0. The molecule has 1 saturated heterocycles. The SMILES string of the molecule is CN1CCC(CCCN=C(NC(=O)OC(C)(C)C)N(C(=O)OC(C)(C)C)C(=O)OC(C)(C)C)CC1. The number of carbonyl (C=O) groups is 3. The number of rotatable bonds is 4. The number of imide groups is 1. The first-order valence-electron chi connectivity index (χ1n) is 12.4. The van der Waals surface area contributed by atoms with E-state index in [2.05, 4.69) is 22.3 Å². The van der Waals surface area contributed by atoms with Crippen LogP contribution in [0.25, 0.3) is 0 Å². The van der Waals surface area contributed by atoms with E-state index in [1.807, 2.05) is 0 Å². The number of carbonyl (C=O) groups excluding carboxylic acids is 3. The van der Waals surface area contributed by atoms with Crippen molar-refractivity contribution in [3.05, 3.63) is 0 Å². The number of alkyl carbamates (subject to hydrolysis) is 1. The van der Waals surface area contributed by atoms with Crippen molar-refractivity contribution in [1.29, 1.82) is 0 Å². The van der Waals surface area contributed by atoms with Crippen LogP contribution in [0.2, 0.25) is 0 Å². The summed E-state index contributed by atoms with van der Waals surface area (Å²) >= 11 is 0. The standard InChI is InChI=1S/C25H46N4O6/c1-23(2,3)33-20(30)27-19(26-15-11-12-18-13-16-28(10)17-14-18)29(21(31)34-24(4,5)6)22(32)35-25(7,8)9/h18H,11-17H2,1-10H3,(H,26,27,30). The van der Waals surface area contributed by atoms with Gasteiger partial charge in [-0.3, -0.25) is 10.3 Å². The zero-order chi connectivity index (χ0) is 27.0. The summed E-state index contributed by atoms with van der Waals surface area (Å²) in [5.41, 5.74) is -2.56. The summed E-state index contributed by atoms with van der Waals surface area (Å²) in [5, 5.41) is 2.46. The lowest BCUT2D eigenvalue weighted by atomic mass is 9.92. The lowest BCUT2D eigenvalue weighted by Gasteiger charge is -2.30. The molecule has 1 fully saturated rings. The molecule has 0 bridgehead atoms. The number of hydrogen-bond acceptors (Lipinski definition) is 8. The third-order valence-electron chi connectivity index (χ3n) is 4.85. The number of hydrogen-bond donors (Lipinski definition) is 1. The molecule has 10 nitrogen and oxygen atoms in total. The van der Waals surface area contributed by atoms with Gasteiger partial charge in [-0.05, 0) is 114 Å². The van der Waals surface area contributed by atoms with Crippen LogP contribution in [0.5, 0.6) is 0 Å². The first-order chi connectivity index (χ1) is 15.9. The second-order valence-electron chi connectivity index (χ2n) is 12.0. The van der Waals surface area contributed by atoms with E-state index in [9.17, 15) is 14.4 Å². The van der Waals surface area contributed by atoms with Crippen LogP contribution in [-0.2, 0) is 14.2 Å². The van der Waals surface area contributed by atoms with E-state index in [0.29, 0.717) is 17.4 Å². The zero-order valence-corrected chi connectivity index (χ0v) is 23.3. The van der Waals surface area contributed by atoms with Gasteiger partial charge in [0.25, 0.3) is 0 Å². The summed E-state index contributed by atoms with van der Waals surface area (Å²) in [5.74, 6) is 0.322. The van der Waals surface area contributed by atoms with Gasteiger partial charge in [-0.2, -0.15) is 0 Å². The van der Waals surface area contributed by atoms with Crippen LogP contribution in [0, 0.1) is 5.92 Å². The highest BCUT2D eigenvalue weighted by atomic mass is 16.6. The van der Waals surface area contributed by atoms with Crippen molar-refractivity contribution in [3.8, 4) is 0 Å². The van der Waals surface area contributed by atoms with Gasteiger partial charge >= 0.3 is 18.3 Å². The molecule has 202 valence electrons. The van der Waals surface area contributed by atoms with E-state index in [4.69, 9.17) is 14.2 Å². The van der Waals surface area contributed by atoms with Gasteiger partial charge in [-0.15, -0.1) is 4.90 Å². The molecule has 1 rings (SSSR count). The highest BCUT2D eigenvalue weighted by Gasteiger charge is 2.36. The lowest BCUT2D eigenvalue weighted by molar-refractivity contribution is 0.0139. The molecule has 0 aromatic heterocycles. The molecule has 1 N–H and O–H groups in total. The molecule has 0 aromatic carbocycles. The number of likely N-dealkylation sites (tertiary alicyclic amines) is 1. The van der Waals surface area contributed by atoms with Crippen LogP contribution < -0.4 is 5.32 Å². The number of amides is 3. The van der Waals surface area contributed by atoms with Crippen LogP contribution in [0.15, 0.2) is 4.99 Å². The molecule has 3 amide bonds. The molecule has 35 heavy (non-hydrogen) atoms. The molecule has 10 heteroatoms. The van der Waals surface area contributed by atoms with E-state index in [1.54, 1.807) is 62.3 Å². The third-order valence-corrected chi connectivity index (χ3v) is 4.85. The number of nitrogens with one attached hydrogen (secondary N) is 1. The molecular formula is C25H46N4O6. The highest BCUT2D eigenvalue weighted by molar-refractivity contribution is 6.11. The Morgan fingerprint density at radius 1 is 0.857 bits per heavy atom. The number of ether oxygens (including phenoxy) is 3. The third kappa shape index (κ3) is 13.3. The molecule has 0 saturated carbocycles. The van der Waals surface area contributed by atoms with E-state index in [0.717, 1.165) is 38.8 Å². The maximum Gasteiger partial charge on any atom is 0.427 e. The van der Waals surface area contributed by atoms with Gasteiger partial charge in [-0.25, -0.2) is 14.4 Å². The van der Waals surface area contributed by atoms with Crippen molar-refractivity contribution in [1.82, 2.24) is 15.1 Å². The Hall–Kier alpha value is -2.36. The van der Waals surface area contributed by atoms with E-state index in [-0.39, 0.29) is 5.96 Å². The molecule has 0 aliphatic carbocycles. The predicted molar refractivity (Wildman–Crippen MR) is 135 cm³/mol. The minimum Gasteiger partial charge on any atom is -0.444 e. The normalized spacial score (nSPS) is 16.5. The maximum atomic E-state index is 13.0. The summed E-state index contributed by atoms with van der Waals surface area (Å²) in [4.78, 5) is 46.0. The molecule has 0 spiro atoms. The van der Waals surface area contributed by atoms with Crippen LogP contribution in [-0.4, -0.2) is 77.5 Å². The molecule has 0 radical (unpaired) electrons. The molecule has 0 aromatic rings. The molecular weight excluding hydrogens is 452 g/mol. The maximum absolute atomic E-state index is 13.0. The fourth-order valence-corrected chi connectivity index (χ4v) is 3.34. The Bertz CT molecular complexity index is 725. The van der Waals surface area contributed by atoms with E-state index < -0.39 is 35.1 Å². The van der Waals surface area contributed by atoms with Gasteiger partial charge in [0, 0.05) is 6.54 Å². The minimum absolute atomic E-state index is 0.286. The molecule has 0 unspecified atom stereocenters. The summed E-state index contributed by atoms with van der Waals surface area (Å²) in [7, 11) is 2.12. The minimum atomic E-state index is -1.00. The first kappa shape index (κ1) is 30.7. The monoisotopic (exact) mass is 498 g/mol. The summed E-state index contributed by atoms with van der Waals surface area (Å²) < 4.78 is 16.2. The Labute approximate surface area is 210 Å². The van der Waals surface area contributed by atoms with Gasteiger partial charge in [-0.1, -0.05) is 0 Å². The van der Waals surface area contributed by atoms with Crippen molar-refractivity contribution in [2.75, 3.05) is 26.7 Å². The van der Waals surface area contributed by atoms with Crippen molar-refractivity contribution in [2.45, 2.75) is 105 Å². The second-order valence-corrected chi connectivity index (χ2v) is 12.0. The molecule has 1 aliphatic heterocycles. The van der Waals surface area contributed by atoms with Crippen LogP contribution in [0.4, 0.5) is 14.4 Å². The molecule has 1 aliphatic rings. The fraction of sp³-hybridized carbons (Fsp3) is 0.840. The fourth-order valence-electron chi connectivity index (χ4n) is 3.34. The van der Waals surface area contributed by atoms with E-state index in [1.165, 1.54) is 0 Å². The Morgan fingerprint density at radius 2 is 1.31 bits per heavy atom. The number of guanidine groups is 1. The van der Waals surface area contributed by atoms with Crippen molar-refractivity contribution >= 4 is 24.2 Å². The molecule has 1 heterocycles. The quantitative estimate of drug-likeness (QED) is 0.247. The topological polar surface area (TPSA) is 110 Å². The van der Waals surface area contributed by atoms with Crippen molar-refractivity contribution < 1.29 is 28.6 Å². The van der Waals surface area contributed by atoms with Crippen LogP contribution in [0.1, 0.15) is 88.0 Å². The van der Waals surface area contributed by atoms with Crippen LogP contribution >= 0.6 is 0 Å². The van der Waals surface area contributed by atoms with Gasteiger partial charge in [0.05, 0.1) is 0 Å².